The predicted octanol–water partition coefficient (Wildman–Crippen LogP) is 2.55. The molecule has 0 aromatic carbocycles. The van der Waals surface area contributed by atoms with Gasteiger partial charge in [-0.25, -0.2) is 0 Å². The van der Waals surface area contributed by atoms with Crippen molar-refractivity contribution in [3.63, 3.8) is 0 Å². The van der Waals surface area contributed by atoms with E-state index in [4.69, 9.17) is 0 Å². The van der Waals surface area contributed by atoms with E-state index in [1.165, 1.54) is 58.0 Å². The van der Waals surface area contributed by atoms with Crippen molar-refractivity contribution in [3.8, 4) is 0 Å². The number of hydrogen-bond donors (Lipinski definition) is 1. The summed E-state index contributed by atoms with van der Waals surface area (Å²) in [5, 5.41) is 3.08. The average Bonchev–Trinajstić information content (AvgIpc) is 2.84. The van der Waals surface area contributed by atoms with Crippen LogP contribution in [0.2, 0.25) is 0 Å². The summed E-state index contributed by atoms with van der Waals surface area (Å²) in [6, 6.07) is 0.381. The van der Waals surface area contributed by atoms with E-state index >= 15 is 0 Å². The molecule has 5 nitrogen and oxygen atoms in total. The van der Waals surface area contributed by atoms with Crippen LogP contribution in [0.15, 0.2) is 0 Å². The van der Waals surface area contributed by atoms with Gasteiger partial charge in [-0.1, -0.05) is 32.1 Å². The third-order valence-corrected chi connectivity index (χ3v) is 6.19. The van der Waals surface area contributed by atoms with Crippen LogP contribution >= 0.6 is 0 Å². The molecule has 3 aliphatic rings. The zero-order valence-electron chi connectivity index (χ0n) is 15.7. The molecule has 1 aliphatic carbocycles. The number of carbonyl (C=O) groups is 2. The molecule has 2 aliphatic heterocycles. The van der Waals surface area contributed by atoms with Gasteiger partial charge in [0.15, 0.2) is 0 Å². The second-order valence-electron chi connectivity index (χ2n) is 8.14. The monoisotopic (exact) mass is 349 g/mol. The molecule has 0 aromatic rings. The fourth-order valence-corrected chi connectivity index (χ4v) is 4.67. The lowest BCUT2D eigenvalue weighted by Gasteiger charge is -2.27. The Kier molecular flexibility index (Phi) is 7.14. The van der Waals surface area contributed by atoms with Crippen LogP contribution in [0.3, 0.4) is 0 Å². The Hall–Kier alpha value is -1.10. The van der Waals surface area contributed by atoms with E-state index in [-0.39, 0.29) is 17.7 Å². The molecule has 1 N–H and O–H groups in total. The summed E-state index contributed by atoms with van der Waals surface area (Å²) in [6.07, 6.45) is 12.7. The smallest absolute Gasteiger partial charge is 0.225 e. The van der Waals surface area contributed by atoms with E-state index in [9.17, 15) is 9.59 Å². The minimum absolute atomic E-state index is 0.0862. The molecular formula is C20H35N3O2. The Balaban J connectivity index is 1.36. The molecule has 1 atom stereocenters. The summed E-state index contributed by atoms with van der Waals surface area (Å²) >= 11 is 0. The third-order valence-electron chi connectivity index (χ3n) is 6.19. The largest absolute Gasteiger partial charge is 0.356 e. The Bertz CT molecular complexity index is 440. The highest BCUT2D eigenvalue weighted by Gasteiger charge is 2.37. The van der Waals surface area contributed by atoms with Gasteiger partial charge in [-0.3, -0.25) is 9.59 Å². The molecule has 0 radical (unpaired) electrons. The maximum absolute atomic E-state index is 12.4. The number of nitrogens with zero attached hydrogens (tertiary/aromatic N) is 2. The van der Waals surface area contributed by atoms with Crippen molar-refractivity contribution in [2.75, 3.05) is 32.7 Å². The van der Waals surface area contributed by atoms with Crippen molar-refractivity contribution in [2.45, 2.75) is 76.7 Å². The molecule has 2 amide bonds. The molecule has 2 heterocycles. The molecule has 0 bridgehead atoms. The zero-order valence-corrected chi connectivity index (χ0v) is 15.7. The summed E-state index contributed by atoms with van der Waals surface area (Å²) in [4.78, 5) is 29.3. The van der Waals surface area contributed by atoms with Gasteiger partial charge in [-0.15, -0.1) is 0 Å². The van der Waals surface area contributed by atoms with Gasteiger partial charge in [0.2, 0.25) is 11.8 Å². The molecule has 25 heavy (non-hydrogen) atoms. The van der Waals surface area contributed by atoms with Crippen LogP contribution < -0.4 is 5.32 Å². The molecule has 3 rings (SSSR count). The lowest BCUT2D eigenvalue weighted by molar-refractivity contribution is -0.130. The third kappa shape index (κ3) is 5.44. The Labute approximate surface area is 152 Å². The van der Waals surface area contributed by atoms with Crippen LogP contribution in [-0.2, 0) is 9.59 Å². The SMILES string of the molecule is O=C(NCCCN1CCCCC1)[C@H]1CC(=O)N(C2CCCCCC2)C1. The van der Waals surface area contributed by atoms with Crippen molar-refractivity contribution < 1.29 is 9.59 Å². The van der Waals surface area contributed by atoms with E-state index in [2.05, 4.69) is 10.2 Å². The molecule has 0 aromatic heterocycles. The summed E-state index contributed by atoms with van der Waals surface area (Å²) in [5.74, 6) is 0.147. The van der Waals surface area contributed by atoms with Gasteiger partial charge in [0.1, 0.15) is 0 Å². The number of carbonyl (C=O) groups excluding carboxylic acids is 2. The molecule has 0 unspecified atom stereocenters. The normalized spacial score (nSPS) is 26.6. The van der Waals surface area contributed by atoms with Gasteiger partial charge in [0, 0.05) is 25.6 Å². The highest BCUT2D eigenvalue weighted by atomic mass is 16.2. The number of hydrogen-bond acceptors (Lipinski definition) is 3. The Morgan fingerprint density at radius 2 is 1.68 bits per heavy atom. The predicted molar refractivity (Wildman–Crippen MR) is 99.2 cm³/mol. The van der Waals surface area contributed by atoms with Crippen LogP contribution in [-0.4, -0.2) is 60.4 Å². The summed E-state index contributed by atoms with van der Waals surface area (Å²) in [6.45, 7) is 4.88. The molecular weight excluding hydrogens is 314 g/mol. The van der Waals surface area contributed by atoms with Crippen molar-refractivity contribution in [3.05, 3.63) is 0 Å². The number of piperidine rings is 1. The Morgan fingerprint density at radius 1 is 1.00 bits per heavy atom. The number of likely N-dealkylation sites (tertiary alicyclic amines) is 2. The number of rotatable bonds is 6. The standard InChI is InChI=1S/C20H35N3O2/c24-19-15-17(16-23(19)18-9-4-1-2-5-10-18)20(25)21-11-8-14-22-12-6-3-7-13-22/h17-18H,1-16H2,(H,21,25)/t17-/m0/s1. The topological polar surface area (TPSA) is 52.7 Å². The minimum Gasteiger partial charge on any atom is -0.356 e. The second-order valence-corrected chi connectivity index (χ2v) is 8.14. The Morgan fingerprint density at radius 3 is 2.40 bits per heavy atom. The van der Waals surface area contributed by atoms with Crippen molar-refractivity contribution >= 4 is 11.8 Å². The van der Waals surface area contributed by atoms with E-state index in [1.807, 2.05) is 4.90 Å². The minimum atomic E-state index is -0.134. The van der Waals surface area contributed by atoms with Crippen molar-refractivity contribution in [2.24, 2.45) is 5.92 Å². The van der Waals surface area contributed by atoms with Crippen molar-refractivity contribution in [1.29, 1.82) is 0 Å². The van der Waals surface area contributed by atoms with Crippen LogP contribution in [0.25, 0.3) is 0 Å². The van der Waals surface area contributed by atoms with Gasteiger partial charge < -0.3 is 15.1 Å². The highest BCUT2D eigenvalue weighted by molar-refractivity contribution is 5.89. The fourth-order valence-electron chi connectivity index (χ4n) is 4.67. The van der Waals surface area contributed by atoms with Gasteiger partial charge in [0.05, 0.1) is 5.92 Å². The quantitative estimate of drug-likeness (QED) is 0.592. The van der Waals surface area contributed by atoms with Crippen LogP contribution in [0.4, 0.5) is 0 Å². The van der Waals surface area contributed by atoms with Crippen LogP contribution in [0.1, 0.15) is 70.6 Å². The van der Waals surface area contributed by atoms with E-state index < -0.39 is 0 Å². The maximum Gasteiger partial charge on any atom is 0.225 e. The molecule has 0 spiro atoms. The van der Waals surface area contributed by atoms with Crippen LogP contribution in [0, 0.1) is 5.92 Å². The number of amides is 2. The molecule has 3 fully saturated rings. The van der Waals surface area contributed by atoms with E-state index in [0.29, 0.717) is 19.0 Å². The maximum atomic E-state index is 12.4. The number of nitrogens with one attached hydrogen (secondary N) is 1. The first-order chi connectivity index (χ1) is 12.2. The van der Waals surface area contributed by atoms with Gasteiger partial charge in [0.25, 0.3) is 0 Å². The second kappa shape index (κ2) is 9.56. The lowest BCUT2D eigenvalue weighted by atomic mass is 10.1. The average molecular weight is 350 g/mol. The zero-order chi connectivity index (χ0) is 17.5. The van der Waals surface area contributed by atoms with E-state index in [0.717, 1.165) is 32.4 Å². The fraction of sp³-hybridized carbons (Fsp3) is 0.900. The van der Waals surface area contributed by atoms with Gasteiger partial charge in [-0.2, -0.15) is 0 Å². The summed E-state index contributed by atoms with van der Waals surface area (Å²) in [7, 11) is 0. The van der Waals surface area contributed by atoms with E-state index in [1.54, 1.807) is 0 Å². The molecule has 1 saturated carbocycles. The highest BCUT2D eigenvalue weighted by Crippen LogP contribution is 2.28. The van der Waals surface area contributed by atoms with Crippen LogP contribution in [0.5, 0.6) is 0 Å². The van der Waals surface area contributed by atoms with Crippen molar-refractivity contribution in [1.82, 2.24) is 15.1 Å². The molecule has 142 valence electrons. The lowest BCUT2D eigenvalue weighted by Crippen LogP contribution is -2.38. The first kappa shape index (κ1) is 18.7. The summed E-state index contributed by atoms with van der Waals surface area (Å²) in [5.41, 5.74) is 0. The first-order valence-corrected chi connectivity index (χ1v) is 10.5. The molecule has 2 saturated heterocycles. The molecule has 5 heteroatoms. The van der Waals surface area contributed by atoms with Gasteiger partial charge in [-0.05, 0) is 51.7 Å². The summed E-state index contributed by atoms with van der Waals surface area (Å²) < 4.78 is 0. The van der Waals surface area contributed by atoms with Gasteiger partial charge >= 0.3 is 0 Å². The first-order valence-electron chi connectivity index (χ1n) is 10.5.